The summed E-state index contributed by atoms with van der Waals surface area (Å²) < 4.78 is 17.5. The van der Waals surface area contributed by atoms with Gasteiger partial charge in [-0.1, -0.05) is 43.2 Å². The van der Waals surface area contributed by atoms with Crippen molar-refractivity contribution in [2.45, 2.75) is 57.5 Å². The van der Waals surface area contributed by atoms with Gasteiger partial charge in [-0.05, 0) is 39.2 Å². The number of carbonyl (C=O) groups excluding carboxylic acids is 1. The number of benzene rings is 1. The molecule has 0 aliphatic heterocycles. The largest absolute Gasteiger partial charge is 0.481 e. The summed E-state index contributed by atoms with van der Waals surface area (Å²) in [7, 11) is 0. The van der Waals surface area contributed by atoms with Crippen LogP contribution in [0.15, 0.2) is 30.3 Å². The molecular weight excluding hydrogens is 325 g/mol. The van der Waals surface area contributed by atoms with Crippen molar-refractivity contribution >= 4 is 12.1 Å². The fourth-order valence-electron chi connectivity index (χ4n) is 2.63. The third-order valence-corrected chi connectivity index (χ3v) is 3.91. The van der Waals surface area contributed by atoms with Crippen LogP contribution in [0.3, 0.4) is 0 Å². The Morgan fingerprint density at radius 2 is 1.76 bits per heavy atom. The summed E-state index contributed by atoms with van der Waals surface area (Å²) in [4.78, 5) is 24.1. The number of unbranched alkanes of at least 4 members (excludes halogenated alkanes) is 2. The Morgan fingerprint density at radius 3 is 2.28 bits per heavy atom. The SMILES string of the molecule is CC(C)(C)OC(=O)NCC(CCCCCF)(C(=O)O)c1ccccc1. The molecule has 0 aromatic heterocycles. The third kappa shape index (κ3) is 6.72. The second-order valence-corrected chi connectivity index (χ2v) is 7.11. The maximum absolute atomic E-state index is 12.3. The van der Waals surface area contributed by atoms with Crippen molar-refractivity contribution < 1.29 is 23.8 Å². The number of ether oxygens (including phenoxy) is 1. The summed E-state index contributed by atoms with van der Waals surface area (Å²) in [5, 5.41) is 12.5. The topological polar surface area (TPSA) is 75.6 Å². The zero-order valence-corrected chi connectivity index (χ0v) is 15.2. The fourth-order valence-corrected chi connectivity index (χ4v) is 2.63. The molecule has 0 fully saturated rings. The predicted octanol–water partition coefficient (Wildman–Crippen LogP) is 4.06. The fraction of sp³-hybridized carbons (Fsp3) is 0.579. The zero-order valence-electron chi connectivity index (χ0n) is 15.2. The lowest BCUT2D eigenvalue weighted by atomic mass is 9.76. The van der Waals surface area contributed by atoms with Crippen LogP contribution in [0.1, 0.15) is 52.0 Å². The number of hydrogen-bond donors (Lipinski definition) is 2. The molecule has 0 aliphatic carbocycles. The van der Waals surface area contributed by atoms with Gasteiger partial charge in [-0.3, -0.25) is 9.18 Å². The standard InChI is InChI=1S/C19H28FNO4/c1-18(2,3)25-17(24)21-14-19(16(22)23,12-8-5-9-13-20)15-10-6-4-7-11-15/h4,6-7,10-11H,5,8-9,12-14H2,1-3H3,(H,21,24)(H,22,23). The van der Waals surface area contributed by atoms with Gasteiger partial charge in [0.25, 0.3) is 0 Å². The van der Waals surface area contributed by atoms with Crippen LogP contribution in [0.5, 0.6) is 0 Å². The molecule has 1 rings (SSSR count). The molecule has 1 aromatic carbocycles. The Kier molecular flexibility index (Phi) is 7.87. The lowest BCUT2D eigenvalue weighted by Gasteiger charge is -2.31. The minimum absolute atomic E-state index is 0.0864. The lowest BCUT2D eigenvalue weighted by Crippen LogP contribution is -2.47. The van der Waals surface area contributed by atoms with E-state index in [0.717, 1.165) is 0 Å². The number of halogens is 1. The number of aliphatic carboxylic acids is 1. The Morgan fingerprint density at radius 1 is 1.12 bits per heavy atom. The number of alkyl halides is 1. The van der Waals surface area contributed by atoms with Crippen LogP contribution >= 0.6 is 0 Å². The lowest BCUT2D eigenvalue weighted by molar-refractivity contribution is -0.144. The second kappa shape index (κ2) is 9.39. The van der Waals surface area contributed by atoms with Crippen molar-refractivity contribution in [3.05, 3.63) is 35.9 Å². The second-order valence-electron chi connectivity index (χ2n) is 7.11. The molecule has 5 nitrogen and oxygen atoms in total. The summed E-state index contributed by atoms with van der Waals surface area (Å²) in [6.45, 7) is 4.72. The first-order valence-corrected chi connectivity index (χ1v) is 8.53. The highest BCUT2D eigenvalue weighted by atomic mass is 19.1. The molecule has 1 atom stereocenters. The number of amides is 1. The van der Waals surface area contributed by atoms with Gasteiger partial charge in [-0.25, -0.2) is 4.79 Å². The number of nitrogens with one attached hydrogen (secondary N) is 1. The van der Waals surface area contributed by atoms with Gasteiger partial charge in [0, 0.05) is 6.54 Å². The molecule has 6 heteroatoms. The first-order chi connectivity index (χ1) is 11.7. The van der Waals surface area contributed by atoms with Crippen molar-refractivity contribution in [1.29, 1.82) is 0 Å². The van der Waals surface area contributed by atoms with Crippen molar-refractivity contribution in [2.24, 2.45) is 0 Å². The van der Waals surface area contributed by atoms with Gasteiger partial charge in [-0.2, -0.15) is 0 Å². The zero-order chi connectivity index (χ0) is 18.9. The molecular formula is C19H28FNO4. The monoisotopic (exact) mass is 353 g/mol. The van der Waals surface area contributed by atoms with E-state index in [4.69, 9.17) is 4.74 Å². The van der Waals surface area contributed by atoms with Crippen molar-refractivity contribution in [1.82, 2.24) is 5.32 Å². The highest BCUT2D eigenvalue weighted by Gasteiger charge is 2.40. The van der Waals surface area contributed by atoms with Gasteiger partial charge in [-0.15, -0.1) is 0 Å². The van der Waals surface area contributed by atoms with Crippen LogP contribution < -0.4 is 5.32 Å². The number of rotatable bonds is 9. The summed E-state index contributed by atoms with van der Waals surface area (Å²) >= 11 is 0. The molecule has 0 bridgehead atoms. The molecule has 0 spiro atoms. The molecule has 1 unspecified atom stereocenters. The van der Waals surface area contributed by atoms with E-state index in [-0.39, 0.29) is 6.54 Å². The summed E-state index contributed by atoms with van der Waals surface area (Å²) in [5.74, 6) is -1.02. The molecule has 0 aliphatic rings. The molecule has 2 N–H and O–H groups in total. The highest BCUT2D eigenvalue weighted by Crippen LogP contribution is 2.30. The van der Waals surface area contributed by atoms with E-state index in [1.165, 1.54) is 0 Å². The van der Waals surface area contributed by atoms with E-state index >= 15 is 0 Å². The van der Waals surface area contributed by atoms with Crippen LogP contribution in [0.4, 0.5) is 9.18 Å². The Labute approximate surface area is 148 Å². The van der Waals surface area contributed by atoms with Gasteiger partial charge in [0.05, 0.1) is 6.67 Å². The molecule has 1 amide bonds. The van der Waals surface area contributed by atoms with Gasteiger partial charge < -0.3 is 15.2 Å². The van der Waals surface area contributed by atoms with Crippen LogP contribution in [0.2, 0.25) is 0 Å². The molecule has 0 radical (unpaired) electrons. The Hall–Kier alpha value is -2.11. The maximum Gasteiger partial charge on any atom is 0.407 e. The summed E-state index contributed by atoms with van der Waals surface area (Å²) in [6, 6.07) is 8.81. The number of carboxylic acid groups (broad SMARTS) is 1. The Balaban J connectivity index is 2.96. The van der Waals surface area contributed by atoms with Gasteiger partial charge >= 0.3 is 12.1 Å². The number of carboxylic acids is 1. The molecule has 140 valence electrons. The molecule has 0 saturated heterocycles. The van der Waals surface area contributed by atoms with Gasteiger partial charge in [0.1, 0.15) is 11.0 Å². The minimum atomic E-state index is -1.27. The summed E-state index contributed by atoms with van der Waals surface area (Å²) in [6.07, 6.45) is 1.22. The van der Waals surface area contributed by atoms with Crippen molar-refractivity contribution in [3.63, 3.8) is 0 Å². The first kappa shape index (κ1) is 20.9. The van der Waals surface area contributed by atoms with E-state index < -0.39 is 29.8 Å². The smallest absolute Gasteiger partial charge is 0.407 e. The van der Waals surface area contributed by atoms with E-state index in [1.54, 1.807) is 51.1 Å². The Bertz CT molecular complexity index is 556. The molecule has 1 aromatic rings. The van der Waals surface area contributed by atoms with Gasteiger partial charge in [0.15, 0.2) is 0 Å². The van der Waals surface area contributed by atoms with Gasteiger partial charge in [0.2, 0.25) is 0 Å². The van der Waals surface area contributed by atoms with Crippen LogP contribution in [-0.2, 0) is 14.9 Å². The van der Waals surface area contributed by atoms with E-state index in [0.29, 0.717) is 31.2 Å². The van der Waals surface area contributed by atoms with Crippen molar-refractivity contribution in [2.75, 3.05) is 13.2 Å². The number of alkyl carbamates (subject to hydrolysis) is 1. The van der Waals surface area contributed by atoms with Crippen LogP contribution in [-0.4, -0.2) is 36.0 Å². The molecule has 0 saturated carbocycles. The third-order valence-electron chi connectivity index (χ3n) is 3.91. The number of hydrogen-bond acceptors (Lipinski definition) is 3. The summed E-state index contributed by atoms with van der Waals surface area (Å²) in [5.41, 5.74) is -1.32. The van der Waals surface area contributed by atoms with E-state index in [9.17, 15) is 19.1 Å². The minimum Gasteiger partial charge on any atom is -0.481 e. The van der Waals surface area contributed by atoms with E-state index in [1.807, 2.05) is 0 Å². The predicted molar refractivity (Wildman–Crippen MR) is 94.4 cm³/mol. The average molecular weight is 353 g/mol. The van der Waals surface area contributed by atoms with Crippen LogP contribution in [0, 0.1) is 0 Å². The van der Waals surface area contributed by atoms with E-state index in [2.05, 4.69) is 5.32 Å². The normalized spacial score (nSPS) is 13.8. The average Bonchev–Trinajstić information content (AvgIpc) is 2.53. The molecule has 0 heterocycles. The quantitative estimate of drug-likeness (QED) is 0.656. The maximum atomic E-state index is 12.3. The first-order valence-electron chi connectivity index (χ1n) is 8.53. The van der Waals surface area contributed by atoms with Crippen molar-refractivity contribution in [3.8, 4) is 0 Å². The van der Waals surface area contributed by atoms with Crippen LogP contribution in [0.25, 0.3) is 0 Å². The highest BCUT2D eigenvalue weighted by molar-refractivity contribution is 5.82. The molecule has 25 heavy (non-hydrogen) atoms. The number of carbonyl (C=O) groups is 2.